The summed E-state index contributed by atoms with van der Waals surface area (Å²) in [5.74, 6) is 0. The molecule has 0 aliphatic carbocycles. The zero-order chi connectivity index (χ0) is 40.5. The first-order valence-corrected chi connectivity index (χ1v) is 21.1. The fraction of sp³-hybridized carbons (Fsp3) is 0. The fourth-order valence-corrected chi connectivity index (χ4v) is 0. The summed E-state index contributed by atoms with van der Waals surface area (Å²) in [5, 5.41) is 0. The van der Waals surface area contributed by atoms with Crippen molar-refractivity contribution < 1.29 is 173 Å². The molecule has 0 saturated heterocycles. The van der Waals surface area contributed by atoms with Crippen molar-refractivity contribution in [1.82, 2.24) is 0 Å². The van der Waals surface area contributed by atoms with Gasteiger partial charge in [0.25, 0.3) is 0 Å². The van der Waals surface area contributed by atoms with Crippen molar-refractivity contribution >= 4 is 259 Å². The molecule has 0 aromatic rings. The van der Waals surface area contributed by atoms with Crippen molar-refractivity contribution in [3.05, 3.63) is 0 Å². The molecule has 0 atom stereocenters. The van der Waals surface area contributed by atoms with E-state index in [-0.39, 0.29) is 189 Å². The molecule has 0 fully saturated rings. The van der Waals surface area contributed by atoms with Gasteiger partial charge in [-0.1, -0.05) is 0 Å². The van der Waals surface area contributed by atoms with Gasteiger partial charge in [0.05, 0.1) is 0 Å². The van der Waals surface area contributed by atoms with E-state index in [0.717, 1.165) is 0 Å². The Balaban J connectivity index is -0.0000000240. The Hall–Kier alpha value is 7.29. The van der Waals surface area contributed by atoms with Gasteiger partial charge in [0.2, 0.25) is 0 Å². The third-order valence-electron chi connectivity index (χ3n) is 0. The summed E-state index contributed by atoms with van der Waals surface area (Å²) in [6.07, 6.45) is 0. The van der Waals surface area contributed by atoms with Crippen molar-refractivity contribution in [2.24, 2.45) is 0 Å². The third-order valence-corrected chi connectivity index (χ3v) is 0. The van der Waals surface area contributed by atoms with Crippen LogP contribution in [0, 0.1) is 0 Å². The molecule has 36 nitrogen and oxygen atoms in total. The Morgan fingerprint density at radius 2 is 0.140 bits per heavy atom. The minimum atomic E-state index is -4.64. The Bertz CT molecular complexity index is 757. The fourth-order valence-electron chi connectivity index (χ4n) is 0. The molecule has 0 bridgehead atoms. The molecule has 0 unspecified atom stereocenters. The minimum absolute atomic E-state index is 0. The summed E-state index contributed by atoms with van der Waals surface area (Å²) in [5.41, 5.74) is 0. The molecule has 0 spiro atoms. The standard InChI is InChI=1S/5Ca.9H3O4P.10H/c;;;;;9*1-5(2,3)4;;;;;;;;;;/h;;;;;9*(H3,1,2,3,4);;;;;;;;;;. The van der Waals surface area contributed by atoms with Crippen LogP contribution in [-0.2, 0) is 41.1 Å². The molecular weight excluding hydrogens is 1060 g/mol. The molecule has 0 amide bonds. The summed E-state index contributed by atoms with van der Waals surface area (Å²) in [7, 11) is -41.8. The SMILES string of the molecule is O=P(O)(O)O.O=P(O)(O)O.O=P(O)(O)O.O=P(O)(O)O.O=P(O)(O)O.O=P(O)(O)O.O=P(O)(O)O.O=P(O)(O)O.O=P(O)(O)O.[CaH2].[CaH2].[CaH2].[CaH2].[CaH2]. The first-order chi connectivity index (χ1) is 18.0. The molecule has 0 aliphatic rings. The van der Waals surface area contributed by atoms with Gasteiger partial charge >= 0.3 is 259 Å². The molecule has 27 N–H and O–H groups in total. The van der Waals surface area contributed by atoms with Crippen LogP contribution in [-0.4, -0.2) is 321 Å². The molecule has 0 rings (SSSR count). The third kappa shape index (κ3) is 3070. The molecule has 0 radical (unpaired) electrons. The Morgan fingerprint density at radius 3 is 0.140 bits per heavy atom. The quantitative estimate of drug-likeness (QED) is 0.0791. The van der Waals surface area contributed by atoms with Crippen LogP contribution in [0.1, 0.15) is 0 Å². The van der Waals surface area contributed by atoms with E-state index < -0.39 is 70.4 Å². The van der Waals surface area contributed by atoms with Gasteiger partial charge in [-0.3, -0.25) is 0 Å². The average Bonchev–Trinajstić information content (AvgIpc) is 2.26. The van der Waals surface area contributed by atoms with E-state index in [4.69, 9.17) is 173 Å². The topological polar surface area (TPSA) is 700 Å². The summed E-state index contributed by atoms with van der Waals surface area (Å²) in [4.78, 5) is 194. The zero-order valence-electron chi connectivity index (χ0n) is 19.8. The maximum atomic E-state index is 8.88. The van der Waals surface area contributed by atoms with Crippen molar-refractivity contribution in [2.75, 3.05) is 0 Å². The van der Waals surface area contributed by atoms with Gasteiger partial charge in [0.1, 0.15) is 0 Å². The maximum absolute atomic E-state index is 8.88. The normalized spacial score (nSPS) is 10.6. The molecule has 0 saturated carbocycles. The van der Waals surface area contributed by atoms with Gasteiger partial charge in [-0.25, -0.2) is 41.1 Å². The zero-order valence-corrected chi connectivity index (χ0v) is 27.8. The molecule has 50 heavy (non-hydrogen) atoms. The second-order valence-corrected chi connectivity index (χ2v) is 13.9. The van der Waals surface area contributed by atoms with E-state index in [9.17, 15) is 0 Å². The van der Waals surface area contributed by atoms with Gasteiger partial charge in [0.15, 0.2) is 0 Å². The summed E-state index contributed by atoms with van der Waals surface area (Å²) in [6, 6.07) is 0. The van der Waals surface area contributed by atoms with E-state index in [1.54, 1.807) is 0 Å². The van der Waals surface area contributed by atoms with E-state index in [0.29, 0.717) is 0 Å². The van der Waals surface area contributed by atoms with Crippen molar-refractivity contribution in [2.45, 2.75) is 0 Å². The molecular formula is H37Ca5O36P9. The van der Waals surface area contributed by atoms with Crippen LogP contribution in [0.3, 0.4) is 0 Å². The molecule has 0 heterocycles. The van der Waals surface area contributed by atoms with E-state index in [1.165, 1.54) is 0 Å². The van der Waals surface area contributed by atoms with E-state index in [1.807, 2.05) is 0 Å². The second-order valence-electron chi connectivity index (χ2n) is 4.62. The number of hydrogen-bond acceptors (Lipinski definition) is 9. The Labute approximate surface area is 424 Å². The summed E-state index contributed by atoms with van der Waals surface area (Å²) >= 11 is 0. The predicted molar refractivity (Wildman–Crippen MR) is 171 cm³/mol. The van der Waals surface area contributed by atoms with E-state index in [2.05, 4.69) is 0 Å². The van der Waals surface area contributed by atoms with Gasteiger partial charge in [0, 0.05) is 0 Å². The molecule has 0 aromatic heterocycles. The van der Waals surface area contributed by atoms with Crippen LogP contribution in [0.25, 0.3) is 0 Å². The second kappa shape index (κ2) is 45.8. The number of phosphoric acid groups is 9. The molecule has 0 aromatic carbocycles. The monoisotopic (exact) mass is 1090 g/mol. The van der Waals surface area contributed by atoms with Crippen LogP contribution in [0.5, 0.6) is 0 Å². The van der Waals surface area contributed by atoms with Crippen LogP contribution < -0.4 is 0 Å². The van der Waals surface area contributed by atoms with Crippen LogP contribution in [0.2, 0.25) is 0 Å². The number of hydrogen-bond donors (Lipinski definition) is 27. The van der Waals surface area contributed by atoms with Gasteiger partial charge in [-0.2, -0.15) is 0 Å². The molecule has 50 heteroatoms. The molecule has 308 valence electrons. The Kier molecular flexibility index (Phi) is 88.7. The molecule has 0 aliphatic heterocycles. The summed E-state index contributed by atoms with van der Waals surface area (Å²) < 4.78 is 79.9. The van der Waals surface area contributed by atoms with E-state index >= 15 is 0 Å². The van der Waals surface area contributed by atoms with Crippen molar-refractivity contribution in [3.63, 3.8) is 0 Å². The number of rotatable bonds is 0. The van der Waals surface area contributed by atoms with Gasteiger partial charge in [-0.15, -0.1) is 0 Å². The average molecular weight is 1090 g/mol. The van der Waals surface area contributed by atoms with Crippen LogP contribution >= 0.6 is 70.4 Å². The van der Waals surface area contributed by atoms with Crippen LogP contribution in [0.4, 0.5) is 0 Å². The van der Waals surface area contributed by atoms with Gasteiger partial charge in [-0.05, 0) is 0 Å². The summed E-state index contributed by atoms with van der Waals surface area (Å²) in [6.45, 7) is 0. The van der Waals surface area contributed by atoms with Crippen molar-refractivity contribution in [3.8, 4) is 0 Å². The van der Waals surface area contributed by atoms with Crippen LogP contribution in [0.15, 0.2) is 0 Å². The van der Waals surface area contributed by atoms with Crippen molar-refractivity contribution in [1.29, 1.82) is 0 Å². The Morgan fingerprint density at radius 1 is 0.140 bits per heavy atom. The predicted octanol–water partition coefficient (Wildman–Crippen LogP) is -12.9. The van der Waals surface area contributed by atoms with Gasteiger partial charge < -0.3 is 132 Å². The first kappa shape index (κ1) is 96.9. The first-order valence-electron chi connectivity index (χ1n) is 7.04.